The topological polar surface area (TPSA) is 67.4 Å². The standard InChI is InChI=1S/C25H29F3N2O3/c1-3-33-22-13-10-19(16-4-6-17(7-5-16)23(31)25(26,27)28)14-20(22)15-30-24(32)18-8-11-21(29-2)12-9-18/h4-7,10,13-14,18,21,29H,3,8-9,11-12,15H2,1-2H3,(H,30,32). The Hall–Kier alpha value is -2.87. The summed E-state index contributed by atoms with van der Waals surface area (Å²) in [6, 6.07) is 11.2. The summed E-state index contributed by atoms with van der Waals surface area (Å²) in [6.07, 6.45) is -1.27. The molecule has 0 unspecified atom stereocenters. The molecule has 33 heavy (non-hydrogen) atoms. The highest BCUT2D eigenvalue weighted by atomic mass is 19.4. The van der Waals surface area contributed by atoms with Gasteiger partial charge in [0.1, 0.15) is 5.75 Å². The SMILES string of the molecule is CCOc1ccc(-c2ccc(C(=O)C(F)(F)F)cc2)cc1CNC(=O)C1CCC(NC)CC1. The van der Waals surface area contributed by atoms with Gasteiger partial charge in [-0.05, 0) is 62.9 Å². The number of carbonyl (C=O) groups is 2. The zero-order valence-corrected chi connectivity index (χ0v) is 18.8. The predicted octanol–water partition coefficient (Wildman–Crippen LogP) is 4.89. The molecule has 2 N–H and O–H groups in total. The zero-order chi connectivity index (χ0) is 24.0. The van der Waals surface area contributed by atoms with Crippen LogP contribution in [0.5, 0.6) is 5.75 Å². The van der Waals surface area contributed by atoms with Crippen LogP contribution in [0.25, 0.3) is 11.1 Å². The van der Waals surface area contributed by atoms with Crippen LogP contribution in [0.1, 0.15) is 48.5 Å². The quantitative estimate of drug-likeness (QED) is 0.548. The summed E-state index contributed by atoms with van der Waals surface area (Å²) in [7, 11) is 1.94. The molecule has 0 heterocycles. The largest absolute Gasteiger partial charge is 0.494 e. The van der Waals surface area contributed by atoms with E-state index in [4.69, 9.17) is 4.74 Å². The average Bonchev–Trinajstić information content (AvgIpc) is 2.82. The molecular weight excluding hydrogens is 433 g/mol. The van der Waals surface area contributed by atoms with Crippen LogP contribution in [-0.2, 0) is 11.3 Å². The van der Waals surface area contributed by atoms with Crippen molar-refractivity contribution in [2.45, 2.75) is 51.4 Å². The van der Waals surface area contributed by atoms with E-state index in [1.807, 2.05) is 20.0 Å². The van der Waals surface area contributed by atoms with Gasteiger partial charge in [0.2, 0.25) is 5.91 Å². The molecule has 1 aliphatic carbocycles. The Bertz CT molecular complexity index is 966. The van der Waals surface area contributed by atoms with Crippen molar-refractivity contribution in [3.63, 3.8) is 0 Å². The molecule has 2 aromatic rings. The maximum Gasteiger partial charge on any atom is 0.454 e. The molecule has 0 radical (unpaired) electrons. The monoisotopic (exact) mass is 462 g/mol. The van der Waals surface area contributed by atoms with E-state index in [1.165, 1.54) is 24.3 Å². The smallest absolute Gasteiger partial charge is 0.454 e. The Morgan fingerprint density at radius 2 is 1.64 bits per heavy atom. The van der Waals surface area contributed by atoms with Crippen LogP contribution < -0.4 is 15.4 Å². The first kappa shape index (κ1) is 24.8. The van der Waals surface area contributed by atoms with Gasteiger partial charge in [-0.1, -0.05) is 30.3 Å². The summed E-state index contributed by atoms with van der Waals surface area (Å²) in [5, 5.41) is 6.27. The lowest BCUT2D eigenvalue weighted by Gasteiger charge is -2.27. The molecule has 1 amide bonds. The van der Waals surface area contributed by atoms with Crippen LogP contribution in [0.2, 0.25) is 0 Å². The number of hydrogen-bond acceptors (Lipinski definition) is 4. The van der Waals surface area contributed by atoms with Crippen molar-refractivity contribution in [2.75, 3.05) is 13.7 Å². The normalized spacial score (nSPS) is 18.6. The second kappa shape index (κ2) is 10.8. The molecule has 0 spiro atoms. The summed E-state index contributed by atoms with van der Waals surface area (Å²) >= 11 is 0. The van der Waals surface area contributed by atoms with Crippen molar-refractivity contribution in [3.05, 3.63) is 53.6 Å². The molecule has 1 fully saturated rings. The van der Waals surface area contributed by atoms with E-state index in [0.717, 1.165) is 36.8 Å². The fraction of sp³-hybridized carbons (Fsp3) is 0.440. The molecule has 0 atom stereocenters. The summed E-state index contributed by atoms with van der Waals surface area (Å²) in [5.74, 6) is -1.21. The van der Waals surface area contributed by atoms with Crippen LogP contribution in [0, 0.1) is 5.92 Å². The lowest BCUT2D eigenvalue weighted by molar-refractivity contribution is -0.126. The van der Waals surface area contributed by atoms with Crippen molar-refractivity contribution < 1.29 is 27.5 Å². The fourth-order valence-corrected chi connectivity index (χ4v) is 4.14. The van der Waals surface area contributed by atoms with Crippen LogP contribution >= 0.6 is 0 Å². The molecule has 0 bridgehead atoms. The second-order valence-electron chi connectivity index (χ2n) is 8.21. The van der Waals surface area contributed by atoms with Crippen molar-refractivity contribution in [1.82, 2.24) is 10.6 Å². The van der Waals surface area contributed by atoms with Crippen molar-refractivity contribution in [2.24, 2.45) is 5.92 Å². The van der Waals surface area contributed by atoms with Gasteiger partial charge < -0.3 is 15.4 Å². The maximum absolute atomic E-state index is 12.7. The Balaban J connectivity index is 1.73. The van der Waals surface area contributed by atoms with Crippen LogP contribution in [0.3, 0.4) is 0 Å². The summed E-state index contributed by atoms with van der Waals surface area (Å²) in [4.78, 5) is 24.1. The molecule has 0 aromatic heterocycles. The van der Waals surface area contributed by atoms with E-state index in [-0.39, 0.29) is 11.8 Å². The number of carbonyl (C=O) groups excluding carboxylic acids is 2. The highest BCUT2D eigenvalue weighted by molar-refractivity contribution is 6.00. The minimum atomic E-state index is -4.90. The first-order chi connectivity index (χ1) is 15.7. The minimum absolute atomic E-state index is 0.00737. The third-order valence-corrected chi connectivity index (χ3v) is 6.06. The first-order valence-corrected chi connectivity index (χ1v) is 11.2. The van der Waals surface area contributed by atoms with Crippen molar-refractivity contribution in [3.8, 4) is 16.9 Å². The van der Waals surface area contributed by atoms with Crippen LogP contribution in [0.4, 0.5) is 13.2 Å². The van der Waals surface area contributed by atoms with Gasteiger partial charge in [0.25, 0.3) is 5.78 Å². The zero-order valence-electron chi connectivity index (χ0n) is 18.8. The van der Waals surface area contributed by atoms with Crippen molar-refractivity contribution in [1.29, 1.82) is 0 Å². The summed E-state index contributed by atoms with van der Waals surface area (Å²) in [5.41, 5.74) is 1.79. The van der Waals surface area contributed by atoms with E-state index < -0.39 is 17.5 Å². The number of rotatable bonds is 8. The molecule has 1 saturated carbocycles. The third-order valence-electron chi connectivity index (χ3n) is 6.06. The van der Waals surface area contributed by atoms with Gasteiger partial charge in [0.05, 0.1) is 6.61 Å². The van der Waals surface area contributed by atoms with Gasteiger partial charge in [-0.15, -0.1) is 0 Å². The Kier molecular flexibility index (Phi) is 8.13. The predicted molar refractivity (Wildman–Crippen MR) is 120 cm³/mol. The average molecular weight is 463 g/mol. The number of amides is 1. The number of benzene rings is 2. The molecule has 1 aliphatic rings. The van der Waals surface area contributed by atoms with Crippen LogP contribution in [-0.4, -0.2) is 37.6 Å². The second-order valence-corrected chi connectivity index (χ2v) is 8.21. The number of ketones is 1. The van der Waals surface area contributed by atoms with E-state index in [0.29, 0.717) is 30.5 Å². The van der Waals surface area contributed by atoms with Gasteiger partial charge >= 0.3 is 6.18 Å². The highest BCUT2D eigenvalue weighted by Gasteiger charge is 2.39. The summed E-state index contributed by atoms with van der Waals surface area (Å²) < 4.78 is 43.6. The molecular formula is C25H29F3N2O3. The number of alkyl halides is 3. The van der Waals surface area contributed by atoms with E-state index >= 15 is 0 Å². The van der Waals surface area contributed by atoms with Gasteiger partial charge in [-0.25, -0.2) is 0 Å². The molecule has 3 rings (SSSR count). The fourth-order valence-electron chi connectivity index (χ4n) is 4.14. The number of halogens is 3. The molecule has 2 aromatic carbocycles. The third kappa shape index (κ3) is 6.35. The molecule has 0 saturated heterocycles. The Morgan fingerprint density at radius 3 is 2.21 bits per heavy atom. The number of nitrogens with one attached hydrogen (secondary N) is 2. The number of ether oxygens (including phenoxy) is 1. The van der Waals surface area contributed by atoms with Gasteiger partial charge in [-0.3, -0.25) is 9.59 Å². The van der Waals surface area contributed by atoms with Crippen molar-refractivity contribution >= 4 is 11.7 Å². The van der Waals surface area contributed by atoms with Gasteiger partial charge in [-0.2, -0.15) is 13.2 Å². The van der Waals surface area contributed by atoms with Gasteiger partial charge in [0, 0.05) is 29.6 Å². The molecule has 5 nitrogen and oxygen atoms in total. The summed E-state index contributed by atoms with van der Waals surface area (Å²) in [6.45, 7) is 2.62. The first-order valence-electron chi connectivity index (χ1n) is 11.2. The number of Topliss-reactive ketones (excluding diaryl/α,β-unsaturated/α-hetero) is 1. The highest BCUT2D eigenvalue weighted by Crippen LogP contribution is 2.29. The van der Waals surface area contributed by atoms with E-state index in [9.17, 15) is 22.8 Å². The van der Waals surface area contributed by atoms with E-state index in [1.54, 1.807) is 12.1 Å². The Labute approximate surface area is 191 Å². The molecule has 178 valence electrons. The molecule has 8 heteroatoms. The number of hydrogen-bond donors (Lipinski definition) is 2. The van der Waals surface area contributed by atoms with E-state index in [2.05, 4.69) is 10.6 Å². The lowest BCUT2D eigenvalue weighted by Crippen LogP contribution is -2.37. The lowest BCUT2D eigenvalue weighted by atomic mass is 9.85. The minimum Gasteiger partial charge on any atom is -0.494 e. The maximum atomic E-state index is 12.7. The molecule has 0 aliphatic heterocycles. The van der Waals surface area contributed by atoms with Gasteiger partial charge in [0.15, 0.2) is 0 Å². The Morgan fingerprint density at radius 1 is 1.00 bits per heavy atom. The van der Waals surface area contributed by atoms with Crippen LogP contribution in [0.15, 0.2) is 42.5 Å².